The minimum absolute atomic E-state index is 0.100. The van der Waals surface area contributed by atoms with E-state index in [1.165, 1.54) is 0 Å². The summed E-state index contributed by atoms with van der Waals surface area (Å²) in [7, 11) is 0. The lowest BCUT2D eigenvalue weighted by Gasteiger charge is -2.20. The number of carbonyl (C=O) groups is 1. The van der Waals surface area contributed by atoms with Crippen molar-refractivity contribution in [3.63, 3.8) is 0 Å². The van der Waals surface area contributed by atoms with E-state index in [0.717, 1.165) is 25.9 Å². The van der Waals surface area contributed by atoms with Crippen molar-refractivity contribution in [1.82, 2.24) is 0 Å². The Balaban J connectivity index is 2.15. The molecule has 3 nitrogen and oxygen atoms in total. The highest BCUT2D eigenvalue weighted by atomic mass is 32.1. The van der Waals surface area contributed by atoms with E-state index < -0.39 is 0 Å². The predicted octanol–water partition coefficient (Wildman–Crippen LogP) is -0.425. The lowest BCUT2D eigenvalue weighted by molar-refractivity contribution is -0.664. The maximum Gasteiger partial charge on any atom is 0.306 e. The molecule has 0 amide bonds. The van der Waals surface area contributed by atoms with Gasteiger partial charge in [0.2, 0.25) is 0 Å². The van der Waals surface area contributed by atoms with Gasteiger partial charge in [-0.3, -0.25) is 4.79 Å². The average molecular weight is 190 g/mol. The molecule has 1 saturated heterocycles. The Morgan fingerprint density at radius 1 is 1.50 bits per heavy atom. The van der Waals surface area contributed by atoms with Gasteiger partial charge in [-0.05, 0) is 0 Å². The van der Waals surface area contributed by atoms with Crippen molar-refractivity contribution >= 4 is 18.6 Å². The van der Waals surface area contributed by atoms with Crippen LogP contribution in [0.4, 0.5) is 0 Å². The molecule has 0 bridgehead atoms. The monoisotopic (exact) mass is 190 g/mol. The van der Waals surface area contributed by atoms with Crippen molar-refractivity contribution < 1.29 is 14.8 Å². The van der Waals surface area contributed by atoms with Crippen LogP contribution in [0, 0.1) is 0 Å². The summed E-state index contributed by atoms with van der Waals surface area (Å²) in [5.41, 5.74) is 0. The molecule has 0 unspecified atom stereocenters. The first-order valence-corrected chi connectivity index (χ1v) is 5.08. The number of quaternary nitrogens is 1. The minimum atomic E-state index is -0.100. The van der Waals surface area contributed by atoms with Crippen LogP contribution in [-0.4, -0.2) is 30.9 Å². The van der Waals surface area contributed by atoms with Crippen LogP contribution in [0.3, 0.4) is 0 Å². The van der Waals surface area contributed by atoms with Crippen molar-refractivity contribution in [3.8, 4) is 0 Å². The SMILES string of the molecule is O=C(CCS)OC1CC[NH2+]CC1. The van der Waals surface area contributed by atoms with E-state index in [1.54, 1.807) is 0 Å². The van der Waals surface area contributed by atoms with Gasteiger partial charge in [-0.15, -0.1) is 0 Å². The summed E-state index contributed by atoms with van der Waals surface area (Å²) in [4.78, 5) is 11.0. The molecule has 0 aliphatic carbocycles. The third-order valence-electron chi connectivity index (χ3n) is 2.00. The van der Waals surface area contributed by atoms with E-state index in [-0.39, 0.29) is 12.1 Å². The zero-order valence-electron chi connectivity index (χ0n) is 7.16. The molecule has 1 rings (SSSR count). The molecule has 0 aromatic carbocycles. The van der Waals surface area contributed by atoms with Crippen LogP contribution < -0.4 is 5.32 Å². The molecule has 1 heterocycles. The van der Waals surface area contributed by atoms with Crippen molar-refractivity contribution in [3.05, 3.63) is 0 Å². The van der Waals surface area contributed by atoms with Crippen LogP contribution in [0.1, 0.15) is 19.3 Å². The van der Waals surface area contributed by atoms with Gasteiger partial charge in [0, 0.05) is 18.6 Å². The molecule has 0 spiro atoms. The van der Waals surface area contributed by atoms with Crippen LogP contribution in [0.5, 0.6) is 0 Å². The molecule has 0 radical (unpaired) electrons. The molecule has 0 atom stereocenters. The first-order chi connectivity index (χ1) is 5.83. The fraction of sp³-hybridized carbons (Fsp3) is 0.875. The Labute approximate surface area is 78.3 Å². The maximum absolute atomic E-state index is 11.0. The average Bonchev–Trinajstić information content (AvgIpc) is 2.06. The van der Waals surface area contributed by atoms with Gasteiger partial charge in [-0.25, -0.2) is 0 Å². The number of hydrogen-bond donors (Lipinski definition) is 2. The van der Waals surface area contributed by atoms with E-state index >= 15 is 0 Å². The summed E-state index contributed by atoms with van der Waals surface area (Å²) in [5, 5.41) is 2.25. The second-order valence-corrected chi connectivity index (χ2v) is 3.48. The second-order valence-electron chi connectivity index (χ2n) is 3.03. The Morgan fingerprint density at radius 2 is 2.17 bits per heavy atom. The molecule has 2 N–H and O–H groups in total. The Hall–Kier alpha value is -0.220. The molecular formula is C8H16NO2S+. The Morgan fingerprint density at radius 3 is 2.75 bits per heavy atom. The number of rotatable bonds is 3. The smallest absolute Gasteiger partial charge is 0.306 e. The zero-order valence-corrected chi connectivity index (χ0v) is 8.06. The van der Waals surface area contributed by atoms with E-state index in [1.807, 2.05) is 0 Å². The zero-order chi connectivity index (χ0) is 8.81. The summed E-state index contributed by atoms with van der Waals surface area (Å²) in [6.45, 7) is 2.16. The van der Waals surface area contributed by atoms with E-state index in [9.17, 15) is 4.79 Å². The van der Waals surface area contributed by atoms with Gasteiger partial charge in [0.25, 0.3) is 0 Å². The van der Waals surface area contributed by atoms with Crippen LogP contribution in [-0.2, 0) is 9.53 Å². The molecule has 1 fully saturated rings. The number of esters is 1. The molecule has 0 aromatic rings. The first-order valence-electron chi connectivity index (χ1n) is 4.45. The van der Waals surface area contributed by atoms with Crippen LogP contribution in [0.15, 0.2) is 0 Å². The fourth-order valence-electron chi connectivity index (χ4n) is 1.35. The maximum atomic E-state index is 11.0. The largest absolute Gasteiger partial charge is 0.462 e. The summed E-state index contributed by atoms with van der Waals surface area (Å²) in [6.07, 6.45) is 2.60. The highest BCUT2D eigenvalue weighted by Gasteiger charge is 2.18. The number of thiol groups is 1. The summed E-state index contributed by atoms with van der Waals surface area (Å²) < 4.78 is 5.22. The number of piperidine rings is 1. The van der Waals surface area contributed by atoms with Crippen molar-refractivity contribution in [2.24, 2.45) is 0 Å². The summed E-state index contributed by atoms with van der Waals surface area (Å²) in [6, 6.07) is 0. The lowest BCUT2D eigenvalue weighted by atomic mass is 10.1. The van der Waals surface area contributed by atoms with Crippen LogP contribution >= 0.6 is 12.6 Å². The number of nitrogens with two attached hydrogens (primary N) is 1. The minimum Gasteiger partial charge on any atom is -0.462 e. The van der Waals surface area contributed by atoms with E-state index in [0.29, 0.717) is 12.2 Å². The molecule has 1 aliphatic heterocycles. The molecule has 12 heavy (non-hydrogen) atoms. The van der Waals surface area contributed by atoms with Gasteiger partial charge in [-0.1, -0.05) is 0 Å². The van der Waals surface area contributed by atoms with Gasteiger partial charge in [0.05, 0.1) is 19.5 Å². The van der Waals surface area contributed by atoms with Crippen LogP contribution in [0.2, 0.25) is 0 Å². The summed E-state index contributed by atoms with van der Waals surface area (Å²) in [5.74, 6) is 0.481. The number of carbonyl (C=O) groups excluding carboxylic acids is 1. The molecule has 4 heteroatoms. The number of hydrogen-bond acceptors (Lipinski definition) is 3. The predicted molar refractivity (Wildman–Crippen MR) is 49.2 cm³/mol. The van der Waals surface area contributed by atoms with Crippen molar-refractivity contribution in [2.75, 3.05) is 18.8 Å². The highest BCUT2D eigenvalue weighted by molar-refractivity contribution is 7.80. The standard InChI is InChI=1S/C8H15NO2S/c10-8(3-6-12)11-7-1-4-9-5-2-7/h7,9,12H,1-6H2/p+1. The van der Waals surface area contributed by atoms with Crippen molar-refractivity contribution in [1.29, 1.82) is 0 Å². The molecule has 0 saturated carbocycles. The highest BCUT2D eigenvalue weighted by Crippen LogP contribution is 2.05. The van der Waals surface area contributed by atoms with Gasteiger partial charge in [0.1, 0.15) is 6.10 Å². The molecule has 0 aromatic heterocycles. The second kappa shape index (κ2) is 5.43. The van der Waals surface area contributed by atoms with Gasteiger partial charge in [-0.2, -0.15) is 12.6 Å². The Kier molecular flexibility index (Phi) is 4.46. The quantitative estimate of drug-likeness (QED) is 0.469. The topological polar surface area (TPSA) is 42.9 Å². The van der Waals surface area contributed by atoms with Crippen molar-refractivity contribution in [2.45, 2.75) is 25.4 Å². The van der Waals surface area contributed by atoms with Gasteiger partial charge >= 0.3 is 5.97 Å². The molecule has 70 valence electrons. The normalized spacial score (nSPS) is 19.1. The summed E-state index contributed by atoms with van der Waals surface area (Å²) >= 11 is 3.97. The third-order valence-corrected chi connectivity index (χ3v) is 2.22. The lowest BCUT2D eigenvalue weighted by Crippen LogP contribution is -2.86. The Bertz CT molecular complexity index is 146. The van der Waals surface area contributed by atoms with E-state index in [2.05, 4.69) is 17.9 Å². The van der Waals surface area contributed by atoms with Gasteiger partial charge in [0.15, 0.2) is 0 Å². The molecule has 1 aliphatic rings. The molecular weight excluding hydrogens is 174 g/mol. The van der Waals surface area contributed by atoms with Crippen LogP contribution in [0.25, 0.3) is 0 Å². The first kappa shape index (κ1) is 9.86. The van der Waals surface area contributed by atoms with E-state index in [4.69, 9.17) is 4.74 Å². The third kappa shape index (κ3) is 3.45. The van der Waals surface area contributed by atoms with Gasteiger partial charge < -0.3 is 10.1 Å². The number of ether oxygens (including phenoxy) is 1. The fourth-order valence-corrected chi connectivity index (χ4v) is 1.53.